The van der Waals surface area contributed by atoms with Crippen LogP contribution in [-0.4, -0.2) is 62.2 Å². The lowest BCUT2D eigenvalue weighted by Crippen LogP contribution is -2.56. The number of likely N-dealkylation sites (N-methyl/N-ethyl adjacent to an activating group) is 1. The van der Waals surface area contributed by atoms with Gasteiger partial charge >= 0.3 is 0 Å². The molecule has 0 aliphatic carbocycles. The van der Waals surface area contributed by atoms with Gasteiger partial charge in [-0.25, -0.2) is 0 Å². The molecule has 0 radical (unpaired) electrons. The Balaban J connectivity index is 2.35. The van der Waals surface area contributed by atoms with Crippen molar-refractivity contribution in [3.8, 4) is 0 Å². The second-order valence-electron chi connectivity index (χ2n) is 4.40. The molecule has 3 heteroatoms. The van der Waals surface area contributed by atoms with E-state index in [9.17, 15) is 0 Å². The molecule has 0 aromatic carbocycles. The van der Waals surface area contributed by atoms with E-state index in [4.69, 9.17) is 0 Å². The van der Waals surface area contributed by atoms with Crippen molar-refractivity contribution in [2.45, 2.75) is 25.9 Å². The molecular formula is C10H23N3. The summed E-state index contributed by atoms with van der Waals surface area (Å²) < 4.78 is 0. The van der Waals surface area contributed by atoms with E-state index >= 15 is 0 Å². The smallest absolute Gasteiger partial charge is 0.0196 e. The van der Waals surface area contributed by atoms with Crippen LogP contribution in [0.1, 0.15) is 13.8 Å². The molecule has 3 nitrogen and oxygen atoms in total. The van der Waals surface area contributed by atoms with Crippen LogP contribution in [0.4, 0.5) is 0 Å². The van der Waals surface area contributed by atoms with Gasteiger partial charge in [-0.1, -0.05) is 0 Å². The summed E-state index contributed by atoms with van der Waals surface area (Å²) in [5.74, 6) is 0. The lowest BCUT2D eigenvalue weighted by molar-refractivity contribution is 0.107. The van der Waals surface area contributed by atoms with Gasteiger partial charge in [-0.15, -0.1) is 0 Å². The molecule has 2 atom stereocenters. The molecule has 0 spiro atoms. The molecule has 0 amide bonds. The van der Waals surface area contributed by atoms with Crippen molar-refractivity contribution in [1.82, 2.24) is 15.1 Å². The third-order valence-corrected chi connectivity index (χ3v) is 2.82. The highest BCUT2D eigenvalue weighted by Gasteiger charge is 2.23. The van der Waals surface area contributed by atoms with Crippen LogP contribution in [0.3, 0.4) is 0 Å². The zero-order valence-electron chi connectivity index (χ0n) is 9.38. The summed E-state index contributed by atoms with van der Waals surface area (Å²) in [5, 5.41) is 3.45. The van der Waals surface area contributed by atoms with Gasteiger partial charge in [0.25, 0.3) is 0 Å². The zero-order valence-corrected chi connectivity index (χ0v) is 9.38. The first-order valence-corrected chi connectivity index (χ1v) is 5.22. The average Bonchev–Trinajstić information content (AvgIpc) is 2.03. The van der Waals surface area contributed by atoms with Crippen LogP contribution in [0.5, 0.6) is 0 Å². The molecule has 0 aromatic rings. The van der Waals surface area contributed by atoms with Gasteiger partial charge in [0, 0.05) is 38.3 Å². The van der Waals surface area contributed by atoms with Crippen molar-refractivity contribution in [1.29, 1.82) is 0 Å². The van der Waals surface area contributed by atoms with Gasteiger partial charge in [0.1, 0.15) is 0 Å². The molecular weight excluding hydrogens is 162 g/mol. The highest BCUT2D eigenvalue weighted by molar-refractivity contribution is 4.82. The van der Waals surface area contributed by atoms with Gasteiger partial charge in [0.15, 0.2) is 0 Å². The Hall–Kier alpha value is -0.120. The minimum atomic E-state index is 0.684. The number of rotatable bonds is 3. The van der Waals surface area contributed by atoms with Crippen molar-refractivity contribution in [3.05, 3.63) is 0 Å². The molecule has 78 valence electrons. The summed E-state index contributed by atoms with van der Waals surface area (Å²) >= 11 is 0. The van der Waals surface area contributed by atoms with Crippen LogP contribution in [0.25, 0.3) is 0 Å². The fraction of sp³-hybridized carbons (Fsp3) is 1.00. The fourth-order valence-corrected chi connectivity index (χ4v) is 1.93. The predicted molar refractivity (Wildman–Crippen MR) is 57.1 cm³/mol. The van der Waals surface area contributed by atoms with Crippen molar-refractivity contribution >= 4 is 0 Å². The molecule has 0 saturated carbocycles. The number of nitrogens with one attached hydrogen (secondary N) is 1. The Bertz CT molecular complexity index is 137. The number of nitrogens with zero attached hydrogens (tertiary/aromatic N) is 2. The molecule has 13 heavy (non-hydrogen) atoms. The Morgan fingerprint density at radius 3 is 2.23 bits per heavy atom. The molecule has 1 aliphatic rings. The minimum Gasteiger partial charge on any atom is -0.314 e. The number of piperazine rings is 1. The summed E-state index contributed by atoms with van der Waals surface area (Å²) in [6, 6.07) is 1.37. The highest BCUT2D eigenvalue weighted by atomic mass is 15.3. The van der Waals surface area contributed by atoms with E-state index in [0.29, 0.717) is 12.1 Å². The van der Waals surface area contributed by atoms with Crippen molar-refractivity contribution < 1.29 is 0 Å². The van der Waals surface area contributed by atoms with E-state index in [-0.39, 0.29) is 0 Å². The molecule has 1 fully saturated rings. The summed E-state index contributed by atoms with van der Waals surface area (Å²) in [4.78, 5) is 4.85. The first kappa shape index (κ1) is 11.0. The molecule has 0 bridgehead atoms. The topological polar surface area (TPSA) is 18.5 Å². The van der Waals surface area contributed by atoms with Crippen LogP contribution in [-0.2, 0) is 0 Å². The SMILES string of the molecule is C[C@@H]1CNC[C@H](C)N1CCN(C)C. The third-order valence-electron chi connectivity index (χ3n) is 2.82. The van der Waals surface area contributed by atoms with E-state index in [2.05, 4.69) is 43.1 Å². The van der Waals surface area contributed by atoms with Gasteiger partial charge < -0.3 is 10.2 Å². The number of hydrogen-bond acceptors (Lipinski definition) is 3. The van der Waals surface area contributed by atoms with Crippen LogP contribution >= 0.6 is 0 Å². The van der Waals surface area contributed by atoms with Crippen LogP contribution < -0.4 is 5.32 Å². The Labute approximate surface area is 82.1 Å². The summed E-state index contributed by atoms with van der Waals surface area (Å²) in [5.41, 5.74) is 0. The molecule has 0 aromatic heterocycles. The van der Waals surface area contributed by atoms with Crippen LogP contribution in [0, 0.1) is 0 Å². The Morgan fingerprint density at radius 2 is 1.77 bits per heavy atom. The molecule has 0 unspecified atom stereocenters. The Morgan fingerprint density at radius 1 is 1.23 bits per heavy atom. The maximum Gasteiger partial charge on any atom is 0.0196 e. The van der Waals surface area contributed by atoms with Gasteiger partial charge in [0.05, 0.1) is 0 Å². The second-order valence-corrected chi connectivity index (χ2v) is 4.40. The van der Waals surface area contributed by atoms with E-state index < -0.39 is 0 Å². The van der Waals surface area contributed by atoms with Gasteiger partial charge in [-0.2, -0.15) is 0 Å². The summed E-state index contributed by atoms with van der Waals surface area (Å²) in [6.45, 7) is 9.23. The van der Waals surface area contributed by atoms with Crippen molar-refractivity contribution in [2.75, 3.05) is 40.3 Å². The lowest BCUT2D eigenvalue weighted by atomic mass is 10.1. The minimum absolute atomic E-state index is 0.684. The third kappa shape index (κ3) is 3.25. The van der Waals surface area contributed by atoms with E-state index in [1.807, 2.05) is 0 Å². The van der Waals surface area contributed by atoms with E-state index in [1.54, 1.807) is 0 Å². The second kappa shape index (κ2) is 4.94. The maximum atomic E-state index is 3.45. The zero-order chi connectivity index (χ0) is 9.84. The molecule has 1 N–H and O–H groups in total. The Kier molecular flexibility index (Phi) is 4.16. The van der Waals surface area contributed by atoms with Gasteiger partial charge in [0.2, 0.25) is 0 Å². The summed E-state index contributed by atoms with van der Waals surface area (Å²) in [7, 11) is 4.27. The average molecular weight is 185 g/mol. The highest BCUT2D eigenvalue weighted by Crippen LogP contribution is 2.08. The normalized spacial score (nSPS) is 31.2. The summed E-state index contributed by atoms with van der Waals surface area (Å²) in [6.07, 6.45) is 0. The first-order chi connectivity index (χ1) is 6.11. The first-order valence-electron chi connectivity index (χ1n) is 5.22. The number of hydrogen-bond donors (Lipinski definition) is 1. The van der Waals surface area contributed by atoms with Crippen LogP contribution in [0.15, 0.2) is 0 Å². The monoisotopic (exact) mass is 185 g/mol. The molecule has 1 rings (SSSR count). The molecule has 1 saturated heterocycles. The largest absolute Gasteiger partial charge is 0.314 e. The van der Waals surface area contributed by atoms with Crippen molar-refractivity contribution in [3.63, 3.8) is 0 Å². The van der Waals surface area contributed by atoms with Crippen LogP contribution in [0.2, 0.25) is 0 Å². The van der Waals surface area contributed by atoms with Gasteiger partial charge in [-0.3, -0.25) is 4.90 Å². The molecule has 1 aliphatic heterocycles. The lowest BCUT2D eigenvalue weighted by Gasteiger charge is -2.39. The maximum absolute atomic E-state index is 3.45. The fourth-order valence-electron chi connectivity index (χ4n) is 1.93. The molecule has 1 heterocycles. The quantitative estimate of drug-likeness (QED) is 0.679. The standard InChI is InChI=1S/C10H23N3/c1-9-7-11-8-10(2)13(9)6-5-12(3)4/h9-11H,5-8H2,1-4H3/t9-,10+. The van der Waals surface area contributed by atoms with Gasteiger partial charge in [-0.05, 0) is 27.9 Å². The predicted octanol–water partition coefficient (Wildman–Crippen LogP) is 0.230. The van der Waals surface area contributed by atoms with E-state index in [0.717, 1.165) is 19.6 Å². The van der Waals surface area contributed by atoms with Crippen molar-refractivity contribution in [2.24, 2.45) is 0 Å². The van der Waals surface area contributed by atoms with E-state index in [1.165, 1.54) is 6.54 Å².